The van der Waals surface area contributed by atoms with Gasteiger partial charge in [0.2, 0.25) is 0 Å². The molecule has 3 nitrogen and oxygen atoms in total. The van der Waals surface area contributed by atoms with Crippen LogP contribution in [-0.4, -0.2) is 11.6 Å². The number of carbonyl (C=O) groups is 2. The van der Waals surface area contributed by atoms with E-state index >= 15 is 0 Å². The topological polar surface area (TPSA) is 60.2 Å². The van der Waals surface area contributed by atoms with E-state index in [0.717, 1.165) is 0 Å². The third-order valence-electron chi connectivity index (χ3n) is 3.16. The van der Waals surface area contributed by atoms with Crippen LogP contribution in [0.5, 0.6) is 0 Å². The molecule has 2 rings (SSSR count). The lowest BCUT2D eigenvalue weighted by molar-refractivity contribution is -0.136. The van der Waals surface area contributed by atoms with Crippen LogP contribution in [0.25, 0.3) is 0 Å². The van der Waals surface area contributed by atoms with Gasteiger partial charge in [0.15, 0.2) is 0 Å². The molecule has 90 valence electrons. The van der Waals surface area contributed by atoms with Crippen LogP contribution in [0.4, 0.5) is 0 Å². The number of benzene rings is 1. The first-order valence-corrected chi connectivity index (χ1v) is 6.04. The molecule has 1 atom stereocenters. The molecule has 1 unspecified atom stereocenters. The summed E-state index contributed by atoms with van der Waals surface area (Å²) in [6.45, 7) is 0. The number of hydrogen-bond donors (Lipinski definition) is 1. The largest absolute Gasteiger partial charge is 0.323 e. The third kappa shape index (κ3) is 2.40. The summed E-state index contributed by atoms with van der Waals surface area (Å²) in [5, 5.41) is 0.506. The van der Waals surface area contributed by atoms with Crippen LogP contribution >= 0.6 is 11.6 Å². The smallest absolute Gasteiger partial charge is 0.145 e. The van der Waals surface area contributed by atoms with Gasteiger partial charge in [0.05, 0.1) is 5.92 Å². The minimum absolute atomic E-state index is 0.0614. The molecule has 1 aliphatic carbocycles. The zero-order chi connectivity index (χ0) is 12.4. The first-order valence-electron chi connectivity index (χ1n) is 5.66. The second-order valence-electron chi connectivity index (χ2n) is 4.31. The van der Waals surface area contributed by atoms with Gasteiger partial charge < -0.3 is 5.73 Å². The fraction of sp³-hybridized carbons (Fsp3) is 0.385. The molecule has 1 aromatic rings. The standard InChI is InChI=1S/C13H14ClNO2/c14-9-5-2-1-4-8(9)13(15)12-10(16)6-3-7-11(12)17/h1-2,4-5,12-13H,3,6-7,15H2. The number of nitrogens with two attached hydrogens (primary N) is 1. The quantitative estimate of drug-likeness (QED) is 0.821. The predicted molar refractivity (Wildman–Crippen MR) is 65.7 cm³/mol. The highest BCUT2D eigenvalue weighted by Gasteiger charge is 2.36. The maximum atomic E-state index is 11.8. The molecule has 0 heterocycles. The number of ketones is 2. The number of carbonyl (C=O) groups excluding carboxylic acids is 2. The lowest BCUT2D eigenvalue weighted by Crippen LogP contribution is -2.37. The SMILES string of the molecule is NC(c1ccccc1Cl)C1C(=O)CCCC1=O. The summed E-state index contributed by atoms with van der Waals surface area (Å²) < 4.78 is 0. The minimum Gasteiger partial charge on any atom is -0.323 e. The van der Waals surface area contributed by atoms with Crippen molar-refractivity contribution < 1.29 is 9.59 Å². The fourth-order valence-electron chi connectivity index (χ4n) is 2.25. The van der Waals surface area contributed by atoms with Crippen LogP contribution in [0.15, 0.2) is 24.3 Å². The Morgan fingerprint density at radius 3 is 2.35 bits per heavy atom. The molecule has 17 heavy (non-hydrogen) atoms. The summed E-state index contributed by atoms with van der Waals surface area (Å²) in [4.78, 5) is 23.6. The molecule has 1 aromatic carbocycles. The van der Waals surface area contributed by atoms with Crippen LogP contribution in [0.2, 0.25) is 5.02 Å². The Labute approximate surface area is 105 Å². The molecule has 1 aliphatic rings. The van der Waals surface area contributed by atoms with Crippen molar-refractivity contribution in [1.29, 1.82) is 0 Å². The van der Waals surface area contributed by atoms with Crippen LogP contribution < -0.4 is 5.73 Å². The molecular weight excluding hydrogens is 238 g/mol. The van der Waals surface area contributed by atoms with Crippen molar-refractivity contribution in [2.45, 2.75) is 25.3 Å². The highest BCUT2D eigenvalue weighted by Crippen LogP contribution is 2.31. The average Bonchev–Trinajstić information content (AvgIpc) is 2.29. The molecule has 0 spiro atoms. The summed E-state index contributed by atoms with van der Waals surface area (Å²) in [5.41, 5.74) is 6.69. The van der Waals surface area contributed by atoms with Crippen molar-refractivity contribution in [3.05, 3.63) is 34.9 Å². The van der Waals surface area contributed by atoms with E-state index in [4.69, 9.17) is 17.3 Å². The van der Waals surface area contributed by atoms with Crippen LogP contribution in [0, 0.1) is 5.92 Å². The summed E-state index contributed by atoms with van der Waals surface area (Å²) >= 11 is 6.03. The summed E-state index contributed by atoms with van der Waals surface area (Å²) in [5.74, 6) is -0.842. The van der Waals surface area contributed by atoms with E-state index in [1.54, 1.807) is 24.3 Å². The van der Waals surface area contributed by atoms with Gasteiger partial charge in [-0.15, -0.1) is 0 Å². The molecule has 0 radical (unpaired) electrons. The Bertz CT molecular complexity index is 442. The number of halogens is 1. The molecule has 0 saturated heterocycles. The van der Waals surface area contributed by atoms with Gasteiger partial charge >= 0.3 is 0 Å². The van der Waals surface area contributed by atoms with Gasteiger partial charge in [-0.1, -0.05) is 29.8 Å². The molecule has 4 heteroatoms. The Balaban J connectivity index is 2.30. The van der Waals surface area contributed by atoms with E-state index in [1.807, 2.05) is 0 Å². The van der Waals surface area contributed by atoms with Gasteiger partial charge in [-0.25, -0.2) is 0 Å². The van der Waals surface area contributed by atoms with Crippen LogP contribution in [0.1, 0.15) is 30.9 Å². The normalized spacial score (nSPS) is 19.4. The second-order valence-corrected chi connectivity index (χ2v) is 4.72. The Kier molecular flexibility index (Phi) is 3.60. The van der Waals surface area contributed by atoms with Crippen molar-refractivity contribution in [2.75, 3.05) is 0 Å². The average molecular weight is 252 g/mol. The first kappa shape index (κ1) is 12.3. The third-order valence-corrected chi connectivity index (χ3v) is 3.51. The Hall–Kier alpha value is -1.19. The van der Waals surface area contributed by atoms with Crippen LogP contribution in [0.3, 0.4) is 0 Å². The number of Topliss-reactive ketones (excluding diaryl/α,β-unsaturated/α-hetero) is 2. The summed E-state index contributed by atoms with van der Waals surface area (Å²) in [6.07, 6.45) is 1.52. The van der Waals surface area contributed by atoms with E-state index in [0.29, 0.717) is 29.8 Å². The molecule has 0 amide bonds. The van der Waals surface area contributed by atoms with Crippen molar-refractivity contribution in [1.82, 2.24) is 0 Å². The molecule has 2 N–H and O–H groups in total. The van der Waals surface area contributed by atoms with E-state index in [9.17, 15) is 9.59 Å². The minimum atomic E-state index is -0.719. The van der Waals surface area contributed by atoms with Gasteiger partial charge in [0.25, 0.3) is 0 Å². The first-order chi connectivity index (χ1) is 8.11. The molecule has 1 saturated carbocycles. The highest BCUT2D eigenvalue weighted by molar-refractivity contribution is 6.31. The lowest BCUT2D eigenvalue weighted by Gasteiger charge is -2.25. The molecule has 0 bridgehead atoms. The summed E-state index contributed by atoms with van der Waals surface area (Å²) in [7, 11) is 0. The number of hydrogen-bond acceptors (Lipinski definition) is 3. The van der Waals surface area contributed by atoms with E-state index in [-0.39, 0.29) is 11.6 Å². The lowest BCUT2D eigenvalue weighted by atomic mass is 9.79. The zero-order valence-corrected chi connectivity index (χ0v) is 10.1. The highest BCUT2D eigenvalue weighted by atomic mass is 35.5. The Morgan fingerprint density at radius 2 is 1.76 bits per heavy atom. The monoisotopic (exact) mass is 251 g/mol. The molecule has 0 aliphatic heterocycles. The number of rotatable bonds is 2. The maximum absolute atomic E-state index is 11.8. The zero-order valence-electron chi connectivity index (χ0n) is 9.36. The maximum Gasteiger partial charge on any atom is 0.145 e. The van der Waals surface area contributed by atoms with E-state index < -0.39 is 12.0 Å². The van der Waals surface area contributed by atoms with E-state index in [1.165, 1.54) is 0 Å². The van der Waals surface area contributed by atoms with Crippen LogP contribution in [-0.2, 0) is 9.59 Å². The van der Waals surface area contributed by atoms with Gasteiger partial charge in [-0.2, -0.15) is 0 Å². The van der Waals surface area contributed by atoms with Crippen molar-refractivity contribution >= 4 is 23.2 Å². The predicted octanol–water partition coefficient (Wildman–Crippen LogP) is 2.28. The van der Waals surface area contributed by atoms with Gasteiger partial charge in [-0.05, 0) is 18.1 Å². The van der Waals surface area contributed by atoms with Gasteiger partial charge in [-0.3, -0.25) is 9.59 Å². The van der Waals surface area contributed by atoms with Crippen molar-refractivity contribution in [3.8, 4) is 0 Å². The fourth-order valence-corrected chi connectivity index (χ4v) is 2.51. The second kappa shape index (κ2) is 4.98. The van der Waals surface area contributed by atoms with Crippen molar-refractivity contribution in [2.24, 2.45) is 11.7 Å². The van der Waals surface area contributed by atoms with E-state index in [2.05, 4.69) is 0 Å². The molecule has 1 fully saturated rings. The molecular formula is C13H14ClNO2. The Morgan fingerprint density at radius 1 is 1.18 bits per heavy atom. The summed E-state index contributed by atoms with van der Waals surface area (Å²) in [6, 6.07) is 6.46. The van der Waals surface area contributed by atoms with Gasteiger partial charge in [0.1, 0.15) is 11.6 Å². The van der Waals surface area contributed by atoms with Gasteiger partial charge in [0, 0.05) is 23.9 Å². The molecule has 0 aromatic heterocycles. The van der Waals surface area contributed by atoms with Crippen molar-refractivity contribution in [3.63, 3.8) is 0 Å².